The van der Waals surface area contributed by atoms with Crippen molar-refractivity contribution in [3.8, 4) is 0 Å². The minimum absolute atomic E-state index is 0. The van der Waals surface area contributed by atoms with Gasteiger partial charge in [-0.15, -0.1) is 12.4 Å². The molecule has 1 unspecified atom stereocenters. The van der Waals surface area contributed by atoms with Crippen LogP contribution in [-0.2, 0) is 21.3 Å². The van der Waals surface area contributed by atoms with E-state index in [0.717, 1.165) is 6.42 Å². The van der Waals surface area contributed by atoms with Crippen LogP contribution >= 0.6 is 12.4 Å². The van der Waals surface area contributed by atoms with Crippen molar-refractivity contribution in [3.63, 3.8) is 0 Å². The van der Waals surface area contributed by atoms with Crippen molar-refractivity contribution < 1.29 is 22.9 Å². The zero-order chi connectivity index (χ0) is 13.9. The number of aromatic nitrogens is 2. The van der Waals surface area contributed by atoms with Crippen LogP contribution in [0.5, 0.6) is 0 Å². The molecule has 1 atom stereocenters. The quantitative estimate of drug-likeness (QED) is 0.686. The van der Waals surface area contributed by atoms with Gasteiger partial charge in [0, 0.05) is 0 Å². The molecule has 0 aromatic carbocycles. The van der Waals surface area contributed by atoms with E-state index in [-0.39, 0.29) is 23.9 Å². The lowest BCUT2D eigenvalue weighted by atomic mass is 10.2. The van der Waals surface area contributed by atoms with Crippen molar-refractivity contribution >= 4 is 28.5 Å². The van der Waals surface area contributed by atoms with Crippen molar-refractivity contribution in [3.05, 3.63) is 11.5 Å². The second-order valence-corrected chi connectivity index (χ2v) is 5.38. The molecule has 110 valence electrons. The Labute approximate surface area is 117 Å². The van der Waals surface area contributed by atoms with Gasteiger partial charge in [0.2, 0.25) is 5.03 Å². The number of hydrogen-bond acceptors (Lipinski definition) is 4. The van der Waals surface area contributed by atoms with Gasteiger partial charge in [-0.05, 0) is 19.8 Å². The molecule has 19 heavy (non-hydrogen) atoms. The van der Waals surface area contributed by atoms with Crippen LogP contribution < -0.4 is 0 Å². The lowest BCUT2D eigenvalue weighted by Gasteiger charge is -2.00. The fourth-order valence-electron chi connectivity index (χ4n) is 1.47. The van der Waals surface area contributed by atoms with Gasteiger partial charge in [-0.2, -0.15) is 8.42 Å². The van der Waals surface area contributed by atoms with Crippen LogP contribution in [-0.4, -0.2) is 34.0 Å². The van der Waals surface area contributed by atoms with E-state index in [1.807, 2.05) is 6.92 Å². The van der Waals surface area contributed by atoms with E-state index >= 15 is 0 Å². The van der Waals surface area contributed by atoms with Crippen LogP contribution in [0, 0.1) is 0 Å². The molecule has 0 spiro atoms. The summed E-state index contributed by atoms with van der Waals surface area (Å²) in [5.74, 6) is -2.05. The van der Waals surface area contributed by atoms with Gasteiger partial charge in [0.15, 0.2) is 0 Å². The summed E-state index contributed by atoms with van der Waals surface area (Å²) in [5.41, 5.74) is 0.252. The Morgan fingerprint density at radius 3 is 2.47 bits per heavy atom. The summed E-state index contributed by atoms with van der Waals surface area (Å²) in [7, 11) is -4.44. The lowest BCUT2D eigenvalue weighted by Crippen LogP contribution is -2.09. The molecule has 3 N–H and O–H groups in total. The maximum absolute atomic E-state index is 11.1. The molecule has 1 heterocycles. The molecule has 0 saturated heterocycles. The van der Waals surface area contributed by atoms with E-state index in [1.165, 1.54) is 6.92 Å². The van der Waals surface area contributed by atoms with Gasteiger partial charge in [-0.1, -0.05) is 13.3 Å². The number of halogens is 1. The second-order valence-electron chi connectivity index (χ2n) is 4.04. The smallest absolute Gasteiger partial charge is 0.313 e. The van der Waals surface area contributed by atoms with E-state index in [1.54, 1.807) is 0 Å². The molecule has 1 rings (SSSR count). The van der Waals surface area contributed by atoms with Gasteiger partial charge < -0.3 is 10.1 Å². The van der Waals surface area contributed by atoms with Crippen LogP contribution in [0.15, 0.2) is 5.03 Å². The summed E-state index contributed by atoms with van der Waals surface area (Å²) < 4.78 is 31.3. The summed E-state index contributed by atoms with van der Waals surface area (Å²) in [5, 5.41) is 8.37. The van der Waals surface area contributed by atoms with Crippen molar-refractivity contribution in [1.82, 2.24) is 9.97 Å². The molecule has 0 aliphatic rings. The van der Waals surface area contributed by atoms with Gasteiger partial charge in [0.1, 0.15) is 11.7 Å². The zero-order valence-corrected chi connectivity index (χ0v) is 12.2. The number of aryl methyl sites for hydroxylation is 1. The molecule has 0 radical (unpaired) electrons. The second kappa shape index (κ2) is 6.88. The summed E-state index contributed by atoms with van der Waals surface area (Å²) in [6, 6.07) is 0. The number of imidazole rings is 1. The number of hydrogen-bond donors (Lipinski definition) is 3. The minimum atomic E-state index is -4.44. The SMILES string of the molecule is CCCCc1[nH]c(C(C)C(=O)O)nc1S(=O)(=O)O.Cl. The third kappa shape index (κ3) is 4.48. The molecule has 0 aliphatic heterocycles. The van der Waals surface area contributed by atoms with Gasteiger partial charge >= 0.3 is 16.1 Å². The normalized spacial score (nSPS) is 12.8. The minimum Gasteiger partial charge on any atom is -0.481 e. The Kier molecular flexibility index (Phi) is 6.47. The highest BCUT2D eigenvalue weighted by atomic mass is 35.5. The topological polar surface area (TPSA) is 120 Å². The third-order valence-corrected chi connectivity index (χ3v) is 3.39. The highest BCUT2D eigenvalue weighted by Crippen LogP contribution is 2.20. The standard InChI is InChI=1S/C10H16N2O5S.ClH/c1-3-4-5-7-9(18(15,16)17)12-8(11-7)6(2)10(13)14;/h6H,3-5H2,1-2H3,(H,11,12)(H,13,14)(H,15,16,17);1H. The highest BCUT2D eigenvalue weighted by molar-refractivity contribution is 7.85. The summed E-state index contributed by atoms with van der Waals surface area (Å²) in [6.45, 7) is 3.32. The monoisotopic (exact) mass is 312 g/mol. The number of rotatable bonds is 6. The maximum Gasteiger partial charge on any atom is 0.313 e. The van der Waals surface area contributed by atoms with Gasteiger partial charge in [0.05, 0.1) is 5.69 Å². The van der Waals surface area contributed by atoms with E-state index in [2.05, 4.69) is 9.97 Å². The zero-order valence-electron chi connectivity index (χ0n) is 10.6. The number of aromatic amines is 1. The molecule has 0 bridgehead atoms. The maximum atomic E-state index is 11.1. The van der Waals surface area contributed by atoms with Crippen molar-refractivity contribution in [2.75, 3.05) is 0 Å². The molecule has 0 fully saturated rings. The van der Waals surface area contributed by atoms with Crippen LogP contribution in [0.1, 0.15) is 44.1 Å². The number of H-pyrrole nitrogens is 1. The van der Waals surface area contributed by atoms with E-state index in [0.29, 0.717) is 12.8 Å². The predicted molar refractivity (Wildman–Crippen MR) is 70.3 cm³/mol. The number of carbonyl (C=O) groups is 1. The van der Waals surface area contributed by atoms with Crippen LogP contribution in [0.25, 0.3) is 0 Å². The number of carboxylic acid groups (broad SMARTS) is 1. The first kappa shape index (κ1) is 17.9. The highest BCUT2D eigenvalue weighted by Gasteiger charge is 2.25. The number of nitrogens with one attached hydrogen (secondary N) is 1. The molecule has 0 aliphatic carbocycles. The lowest BCUT2D eigenvalue weighted by molar-refractivity contribution is -0.138. The van der Waals surface area contributed by atoms with Gasteiger partial charge in [0.25, 0.3) is 0 Å². The van der Waals surface area contributed by atoms with Crippen LogP contribution in [0.3, 0.4) is 0 Å². The Morgan fingerprint density at radius 2 is 2.05 bits per heavy atom. The Bertz CT molecular complexity index is 540. The van der Waals surface area contributed by atoms with Crippen molar-refractivity contribution in [2.45, 2.75) is 44.1 Å². The predicted octanol–water partition coefficient (Wildman–Crippen LogP) is 1.61. The number of nitrogens with zero attached hydrogens (tertiary/aromatic N) is 1. The molecule has 0 saturated carbocycles. The Hall–Kier alpha value is -1.12. The number of aliphatic carboxylic acids is 1. The number of carboxylic acids is 1. The number of unbranched alkanes of at least 4 members (excludes halogenated alkanes) is 1. The summed E-state index contributed by atoms with van der Waals surface area (Å²) in [6.07, 6.45) is 1.95. The first-order valence-electron chi connectivity index (χ1n) is 5.56. The summed E-state index contributed by atoms with van der Waals surface area (Å²) in [4.78, 5) is 17.2. The molecular weight excluding hydrogens is 296 g/mol. The largest absolute Gasteiger partial charge is 0.481 e. The van der Waals surface area contributed by atoms with Crippen LogP contribution in [0.2, 0.25) is 0 Å². The molecule has 0 amide bonds. The Morgan fingerprint density at radius 1 is 1.47 bits per heavy atom. The van der Waals surface area contributed by atoms with Crippen LogP contribution in [0.4, 0.5) is 0 Å². The fourth-order valence-corrected chi connectivity index (χ4v) is 2.15. The molecule has 1 aromatic rings. The molecule has 9 heteroatoms. The summed E-state index contributed by atoms with van der Waals surface area (Å²) >= 11 is 0. The fraction of sp³-hybridized carbons (Fsp3) is 0.600. The van der Waals surface area contributed by atoms with Gasteiger partial charge in [-0.3, -0.25) is 9.35 Å². The molecule has 1 aromatic heterocycles. The van der Waals surface area contributed by atoms with Crippen molar-refractivity contribution in [1.29, 1.82) is 0 Å². The first-order chi connectivity index (χ1) is 8.27. The van der Waals surface area contributed by atoms with E-state index < -0.39 is 27.0 Å². The van der Waals surface area contributed by atoms with E-state index in [4.69, 9.17) is 9.66 Å². The first-order valence-corrected chi connectivity index (χ1v) is 7.00. The average Bonchev–Trinajstić information content (AvgIpc) is 2.68. The van der Waals surface area contributed by atoms with Crippen molar-refractivity contribution in [2.24, 2.45) is 0 Å². The van der Waals surface area contributed by atoms with E-state index in [9.17, 15) is 13.2 Å². The van der Waals surface area contributed by atoms with Gasteiger partial charge in [-0.25, -0.2) is 4.98 Å². The molecular formula is C10H17ClN2O5S. The third-order valence-electron chi connectivity index (χ3n) is 2.56. The Balaban J connectivity index is 0.00000324. The average molecular weight is 313 g/mol. The molecule has 7 nitrogen and oxygen atoms in total.